The van der Waals surface area contributed by atoms with Crippen molar-refractivity contribution in [1.29, 1.82) is 5.26 Å². The lowest BCUT2D eigenvalue weighted by molar-refractivity contribution is 0.0947. The molecule has 1 atom stereocenters. The predicted octanol–water partition coefficient (Wildman–Crippen LogP) is 0.570. The lowest BCUT2D eigenvalue weighted by Crippen LogP contribution is -2.29. The van der Waals surface area contributed by atoms with Gasteiger partial charge in [-0.05, 0) is 21.0 Å². The molecular weight excluding hydrogens is 336 g/mol. The van der Waals surface area contributed by atoms with Gasteiger partial charge in [-0.1, -0.05) is 0 Å². The zero-order chi connectivity index (χ0) is 19.1. The molecule has 0 aliphatic heterocycles. The van der Waals surface area contributed by atoms with E-state index in [4.69, 9.17) is 10.00 Å². The molecule has 0 aliphatic rings. The van der Waals surface area contributed by atoms with Crippen LogP contribution in [0, 0.1) is 11.3 Å². The van der Waals surface area contributed by atoms with Crippen molar-refractivity contribution in [2.45, 2.75) is 13.0 Å². The second-order valence-electron chi connectivity index (χ2n) is 5.74. The Kier molecular flexibility index (Phi) is 6.35. The van der Waals surface area contributed by atoms with Gasteiger partial charge in [-0.25, -0.2) is 9.97 Å². The third kappa shape index (κ3) is 5.09. The van der Waals surface area contributed by atoms with E-state index in [1.54, 1.807) is 6.07 Å². The van der Waals surface area contributed by atoms with Crippen LogP contribution in [0.1, 0.15) is 23.1 Å². The second kappa shape index (κ2) is 8.68. The minimum atomic E-state index is -0.394. The van der Waals surface area contributed by atoms with Gasteiger partial charge >= 0.3 is 0 Å². The quantitative estimate of drug-likeness (QED) is 0.731. The average Bonchev–Trinajstić information content (AvgIpc) is 2.61. The molecule has 0 saturated heterocycles. The van der Waals surface area contributed by atoms with Crippen molar-refractivity contribution in [2.75, 3.05) is 33.0 Å². The van der Waals surface area contributed by atoms with E-state index < -0.39 is 5.91 Å². The Labute approximate surface area is 151 Å². The van der Waals surface area contributed by atoms with Crippen molar-refractivity contribution < 1.29 is 9.53 Å². The topological polar surface area (TPSA) is 129 Å². The lowest BCUT2D eigenvalue weighted by Gasteiger charge is -2.20. The first-order valence-electron chi connectivity index (χ1n) is 7.83. The molecule has 2 heterocycles. The first-order valence-corrected chi connectivity index (χ1v) is 7.83. The van der Waals surface area contributed by atoms with Crippen LogP contribution in [0.2, 0.25) is 0 Å². The Hall–Kier alpha value is -3.32. The van der Waals surface area contributed by atoms with E-state index in [1.165, 1.54) is 19.4 Å². The van der Waals surface area contributed by atoms with Crippen LogP contribution in [-0.4, -0.2) is 64.8 Å². The van der Waals surface area contributed by atoms with Gasteiger partial charge in [0.1, 0.15) is 18.0 Å². The zero-order valence-electron chi connectivity index (χ0n) is 15.0. The van der Waals surface area contributed by atoms with E-state index in [9.17, 15) is 4.79 Å². The molecule has 1 amide bonds. The summed E-state index contributed by atoms with van der Waals surface area (Å²) in [7, 11) is 5.37. The third-order valence-corrected chi connectivity index (χ3v) is 3.17. The summed E-state index contributed by atoms with van der Waals surface area (Å²) in [6, 6.07) is 3.47. The molecule has 0 spiro atoms. The fraction of sp³-hybridized carbons (Fsp3) is 0.375. The van der Waals surface area contributed by atoms with E-state index in [0.717, 1.165) is 0 Å². The maximum absolute atomic E-state index is 12.0. The number of ether oxygens (including phenoxy) is 1. The molecule has 10 nitrogen and oxygen atoms in total. The van der Waals surface area contributed by atoms with Gasteiger partial charge < -0.3 is 20.3 Å². The average molecular weight is 356 g/mol. The highest BCUT2D eigenvalue weighted by atomic mass is 16.5. The van der Waals surface area contributed by atoms with Crippen LogP contribution in [0.25, 0.3) is 0 Å². The van der Waals surface area contributed by atoms with Crippen LogP contribution < -0.4 is 15.4 Å². The highest BCUT2D eigenvalue weighted by molar-refractivity contribution is 5.94. The Morgan fingerprint density at radius 2 is 2.08 bits per heavy atom. The van der Waals surface area contributed by atoms with Crippen LogP contribution in [0.4, 0.5) is 11.6 Å². The molecular formula is C16H20N8O2. The predicted molar refractivity (Wildman–Crippen MR) is 94.1 cm³/mol. The van der Waals surface area contributed by atoms with Gasteiger partial charge in [0.15, 0.2) is 23.0 Å². The summed E-state index contributed by atoms with van der Waals surface area (Å²) in [5.74, 6) is 0.633. The molecule has 1 unspecified atom stereocenters. The summed E-state index contributed by atoms with van der Waals surface area (Å²) in [6.45, 7) is 2.56. The molecule has 0 radical (unpaired) electrons. The number of likely N-dealkylation sites (N-methyl/N-ethyl adjacent to an activating group) is 1. The van der Waals surface area contributed by atoms with Crippen LogP contribution in [0.3, 0.4) is 0 Å². The minimum absolute atomic E-state index is 0.0922. The molecule has 0 saturated carbocycles. The number of aromatic nitrogens is 4. The summed E-state index contributed by atoms with van der Waals surface area (Å²) < 4.78 is 5.87. The molecule has 0 aliphatic carbocycles. The van der Waals surface area contributed by atoms with Gasteiger partial charge in [-0.3, -0.25) is 4.79 Å². The fourth-order valence-corrected chi connectivity index (χ4v) is 2.15. The summed E-state index contributed by atoms with van der Waals surface area (Å²) >= 11 is 0. The molecule has 2 rings (SSSR count). The molecule has 0 fully saturated rings. The monoisotopic (exact) mass is 356 g/mol. The number of nitrogens with one attached hydrogen (secondary N) is 2. The number of carbonyl (C=O) groups is 1. The molecule has 0 aromatic carbocycles. The molecule has 0 bridgehead atoms. The number of nitrogens with zero attached hydrogens (tertiary/aromatic N) is 6. The first-order chi connectivity index (χ1) is 12.4. The summed E-state index contributed by atoms with van der Waals surface area (Å²) in [6.07, 6.45) is 2.58. The van der Waals surface area contributed by atoms with Crippen molar-refractivity contribution in [3.63, 3.8) is 0 Å². The highest BCUT2D eigenvalue weighted by Gasteiger charge is 2.18. The maximum atomic E-state index is 12.0. The van der Waals surface area contributed by atoms with Gasteiger partial charge in [-0.15, -0.1) is 10.2 Å². The largest absolute Gasteiger partial charge is 0.487 e. The van der Waals surface area contributed by atoms with E-state index in [1.807, 2.05) is 32.0 Å². The Balaban J connectivity index is 2.26. The van der Waals surface area contributed by atoms with E-state index in [0.29, 0.717) is 23.9 Å². The summed E-state index contributed by atoms with van der Waals surface area (Å²) in [4.78, 5) is 22.0. The lowest BCUT2D eigenvalue weighted by atomic mass is 10.3. The number of nitriles is 1. The third-order valence-electron chi connectivity index (χ3n) is 3.17. The molecule has 26 heavy (non-hydrogen) atoms. The maximum Gasteiger partial charge on any atom is 0.275 e. The standard InChI is InChI=1S/C16H20N8O2/c1-10(9-24(3)4)26-12-5-13(22-23-15(12)16(25)18-2)21-14-8-19-11(6-17)7-20-14/h5,7-8,10H,9H2,1-4H3,(H,18,25)(H,20,21,22). The van der Waals surface area contributed by atoms with E-state index in [-0.39, 0.29) is 17.5 Å². The fourth-order valence-electron chi connectivity index (χ4n) is 2.15. The number of anilines is 2. The Morgan fingerprint density at radius 1 is 1.31 bits per heavy atom. The normalized spacial score (nSPS) is 11.5. The van der Waals surface area contributed by atoms with Gasteiger partial charge in [0.2, 0.25) is 0 Å². The number of hydrogen-bond donors (Lipinski definition) is 2. The van der Waals surface area contributed by atoms with E-state index >= 15 is 0 Å². The zero-order valence-corrected chi connectivity index (χ0v) is 15.0. The Morgan fingerprint density at radius 3 is 2.65 bits per heavy atom. The molecule has 136 valence electrons. The number of hydrogen-bond acceptors (Lipinski definition) is 9. The van der Waals surface area contributed by atoms with E-state index in [2.05, 4.69) is 30.8 Å². The van der Waals surface area contributed by atoms with Crippen LogP contribution in [0.15, 0.2) is 18.5 Å². The number of carbonyl (C=O) groups excluding carboxylic acids is 1. The SMILES string of the molecule is CNC(=O)c1nnc(Nc2cnc(C#N)cn2)cc1OC(C)CN(C)C. The molecule has 10 heteroatoms. The van der Waals surface area contributed by atoms with Gasteiger partial charge in [0, 0.05) is 19.7 Å². The van der Waals surface area contributed by atoms with Crippen LogP contribution in [0.5, 0.6) is 5.75 Å². The summed E-state index contributed by atoms with van der Waals surface area (Å²) in [5.41, 5.74) is 0.299. The number of rotatable bonds is 7. The summed E-state index contributed by atoms with van der Waals surface area (Å²) in [5, 5.41) is 22.1. The molecule has 2 aromatic heterocycles. The van der Waals surface area contributed by atoms with Gasteiger partial charge in [-0.2, -0.15) is 5.26 Å². The molecule has 2 N–H and O–H groups in total. The van der Waals surface area contributed by atoms with Crippen molar-refractivity contribution in [1.82, 2.24) is 30.4 Å². The Bertz CT molecular complexity index is 801. The van der Waals surface area contributed by atoms with Crippen LogP contribution >= 0.6 is 0 Å². The van der Waals surface area contributed by atoms with Gasteiger partial charge in [0.25, 0.3) is 5.91 Å². The highest BCUT2D eigenvalue weighted by Crippen LogP contribution is 2.22. The first kappa shape index (κ1) is 19.0. The van der Waals surface area contributed by atoms with Crippen molar-refractivity contribution in [3.05, 3.63) is 29.8 Å². The van der Waals surface area contributed by atoms with Crippen molar-refractivity contribution in [2.24, 2.45) is 0 Å². The van der Waals surface area contributed by atoms with Crippen molar-refractivity contribution in [3.8, 4) is 11.8 Å². The minimum Gasteiger partial charge on any atom is -0.487 e. The second-order valence-corrected chi connectivity index (χ2v) is 5.74. The smallest absolute Gasteiger partial charge is 0.275 e. The van der Waals surface area contributed by atoms with Crippen molar-refractivity contribution >= 4 is 17.5 Å². The van der Waals surface area contributed by atoms with Crippen LogP contribution in [-0.2, 0) is 0 Å². The van der Waals surface area contributed by atoms with Gasteiger partial charge in [0.05, 0.1) is 12.4 Å². The number of amides is 1. The molecule has 2 aromatic rings.